The highest BCUT2D eigenvalue weighted by Gasteiger charge is 2.48. The molecule has 10 heteroatoms. The molecule has 0 saturated heterocycles. The van der Waals surface area contributed by atoms with E-state index in [1.165, 1.54) is 6.07 Å². The largest absolute Gasteiger partial charge is 0.534 e. The number of carbonyl (C=O) groups is 1. The average molecular weight is 426 g/mol. The average Bonchev–Trinajstić information content (AvgIpc) is 2.65. The van der Waals surface area contributed by atoms with Gasteiger partial charge in [0.2, 0.25) is 0 Å². The van der Waals surface area contributed by atoms with Crippen LogP contribution in [0.4, 0.5) is 13.2 Å². The number of carboxylic acids is 1. The SMILES string of the molecule is O=C(O)c1cc2cc(OS(=O)(=O)C(F)(F)F)ccc2c(-c2ccccc2)c1CO. The van der Waals surface area contributed by atoms with Crippen LogP contribution in [0.3, 0.4) is 0 Å². The topological polar surface area (TPSA) is 101 Å². The van der Waals surface area contributed by atoms with Gasteiger partial charge in [0.25, 0.3) is 0 Å². The Balaban J connectivity index is 2.28. The molecule has 152 valence electrons. The molecular weight excluding hydrogens is 413 g/mol. The molecule has 0 unspecified atom stereocenters. The van der Waals surface area contributed by atoms with Crippen LogP contribution in [0.5, 0.6) is 5.75 Å². The number of alkyl halides is 3. The van der Waals surface area contributed by atoms with Gasteiger partial charge in [-0.1, -0.05) is 36.4 Å². The first kappa shape index (κ1) is 20.6. The smallest absolute Gasteiger partial charge is 0.478 e. The summed E-state index contributed by atoms with van der Waals surface area (Å²) in [4.78, 5) is 11.7. The zero-order valence-corrected chi connectivity index (χ0v) is 15.3. The fraction of sp³-hybridized carbons (Fsp3) is 0.105. The van der Waals surface area contributed by atoms with E-state index in [2.05, 4.69) is 4.18 Å². The quantitative estimate of drug-likeness (QED) is 0.474. The second-order valence-electron chi connectivity index (χ2n) is 5.97. The third-order valence-corrected chi connectivity index (χ3v) is 5.14. The molecule has 29 heavy (non-hydrogen) atoms. The molecular formula is C19H13F3O6S. The predicted octanol–water partition coefficient (Wildman–Crippen LogP) is 3.93. The minimum Gasteiger partial charge on any atom is -0.478 e. The normalized spacial score (nSPS) is 12.1. The Kier molecular flexibility index (Phi) is 5.24. The zero-order valence-electron chi connectivity index (χ0n) is 14.5. The van der Waals surface area contributed by atoms with Crippen molar-refractivity contribution in [2.45, 2.75) is 12.1 Å². The predicted molar refractivity (Wildman–Crippen MR) is 97.9 cm³/mol. The second-order valence-corrected chi connectivity index (χ2v) is 7.51. The van der Waals surface area contributed by atoms with E-state index in [-0.39, 0.29) is 16.5 Å². The van der Waals surface area contributed by atoms with Gasteiger partial charge < -0.3 is 14.4 Å². The lowest BCUT2D eigenvalue weighted by Crippen LogP contribution is -2.28. The highest BCUT2D eigenvalue weighted by Crippen LogP contribution is 2.37. The third kappa shape index (κ3) is 3.89. The van der Waals surface area contributed by atoms with Crippen LogP contribution in [0.15, 0.2) is 54.6 Å². The molecule has 0 bridgehead atoms. The van der Waals surface area contributed by atoms with E-state index in [1.54, 1.807) is 30.3 Å². The summed E-state index contributed by atoms with van der Waals surface area (Å²) in [5, 5.41) is 19.8. The van der Waals surface area contributed by atoms with Crippen molar-refractivity contribution in [2.75, 3.05) is 0 Å². The monoisotopic (exact) mass is 426 g/mol. The Morgan fingerprint density at radius 2 is 1.69 bits per heavy atom. The molecule has 0 heterocycles. The molecule has 0 radical (unpaired) electrons. The van der Waals surface area contributed by atoms with Gasteiger partial charge in [0.05, 0.1) is 12.2 Å². The molecule has 0 aliphatic carbocycles. The number of carboxylic acid groups (broad SMARTS) is 1. The van der Waals surface area contributed by atoms with Gasteiger partial charge >= 0.3 is 21.6 Å². The van der Waals surface area contributed by atoms with Gasteiger partial charge in [0.1, 0.15) is 5.75 Å². The highest BCUT2D eigenvalue weighted by atomic mass is 32.2. The number of benzene rings is 3. The molecule has 0 amide bonds. The number of fused-ring (bicyclic) bond motifs is 1. The van der Waals surface area contributed by atoms with E-state index in [1.807, 2.05) is 0 Å². The number of aliphatic hydroxyl groups excluding tert-OH is 1. The third-order valence-electron chi connectivity index (χ3n) is 4.16. The fourth-order valence-electron chi connectivity index (χ4n) is 2.94. The van der Waals surface area contributed by atoms with Gasteiger partial charge in [0.15, 0.2) is 0 Å². The van der Waals surface area contributed by atoms with Gasteiger partial charge in [-0.2, -0.15) is 21.6 Å². The van der Waals surface area contributed by atoms with Crippen LogP contribution in [0.25, 0.3) is 21.9 Å². The minimum atomic E-state index is -5.88. The molecule has 0 spiro atoms. The first-order valence-corrected chi connectivity index (χ1v) is 9.46. The molecule has 3 aromatic rings. The van der Waals surface area contributed by atoms with E-state index < -0.39 is 34.0 Å². The summed E-state index contributed by atoms with van der Waals surface area (Å²) in [5.41, 5.74) is -4.82. The Labute approximate surface area is 162 Å². The van der Waals surface area contributed by atoms with Crippen LogP contribution in [-0.2, 0) is 16.7 Å². The van der Waals surface area contributed by atoms with Crippen molar-refractivity contribution in [1.82, 2.24) is 0 Å². The lowest BCUT2D eigenvalue weighted by Gasteiger charge is -2.16. The standard InChI is InChI=1S/C19H13F3O6S/c20-19(21,22)29(26,27)28-13-6-7-14-12(8-13)9-15(18(24)25)16(10-23)17(14)11-4-2-1-3-5-11/h1-9,23H,10H2,(H,24,25). The maximum absolute atomic E-state index is 12.6. The maximum Gasteiger partial charge on any atom is 0.534 e. The van der Waals surface area contributed by atoms with Crippen molar-refractivity contribution < 1.29 is 40.8 Å². The van der Waals surface area contributed by atoms with Crippen molar-refractivity contribution in [3.05, 3.63) is 65.7 Å². The van der Waals surface area contributed by atoms with E-state index >= 15 is 0 Å². The van der Waals surface area contributed by atoms with Crippen LogP contribution in [0.2, 0.25) is 0 Å². The summed E-state index contributed by atoms with van der Waals surface area (Å²) in [6, 6.07) is 13.0. The van der Waals surface area contributed by atoms with Gasteiger partial charge in [-0.3, -0.25) is 0 Å². The number of aromatic carboxylic acids is 1. The van der Waals surface area contributed by atoms with Gasteiger partial charge in [-0.25, -0.2) is 4.79 Å². The highest BCUT2D eigenvalue weighted by molar-refractivity contribution is 7.88. The first-order chi connectivity index (χ1) is 13.5. The van der Waals surface area contributed by atoms with Crippen molar-refractivity contribution in [1.29, 1.82) is 0 Å². The molecule has 0 fully saturated rings. The Morgan fingerprint density at radius 3 is 2.24 bits per heavy atom. The van der Waals surface area contributed by atoms with Crippen LogP contribution in [0, 0.1) is 0 Å². The first-order valence-electron chi connectivity index (χ1n) is 8.05. The second kappa shape index (κ2) is 7.37. The number of hydrogen-bond donors (Lipinski definition) is 2. The molecule has 0 aliphatic heterocycles. The molecule has 3 rings (SSSR count). The van der Waals surface area contributed by atoms with Crippen LogP contribution >= 0.6 is 0 Å². The molecule has 2 N–H and O–H groups in total. The van der Waals surface area contributed by atoms with Gasteiger partial charge in [-0.05, 0) is 40.1 Å². The van der Waals surface area contributed by atoms with Crippen molar-refractivity contribution in [3.8, 4) is 16.9 Å². The molecule has 0 aromatic heterocycles. The summed E-state index contributed by atoms with van der Waals surface area (Å²) in [6.07, 6.45) is 0. The van der Waals surface area contributed by atoms with Crippen molar-refractivity contribution >= 4 is 26.9 Å². The van der Waals surface area contributed by atoms with Gasteiger partial charge in [-0.15, -0.1) is 0 Å². The molecule has 3 aromatic carbocycles. The Bertz CT molecular complexity index is 1190. The van der Waals surface area contributed by atoms with Crippen LogP contribution in [-0.4, -0.2) is 30.1 Å². The van der Waals surface area contributed by atoms with E-state index in [0.717, 1.165) is 18.2 Å². The number of hydrogen-bond acceptors (Lipinski definition) is 5. The van der Waals surface area contributed by atoms with E-state index in [0.29, 0.717) is 16.5 Å². The zero-order chi connectivity index (χ0) is 21.4. The Hall–Kier alpha value is -3.11. The summed E-state index contributed by atoms with van der Waals surface area (Å²) >= 11 is 0. The molecule has 6 nitrogen and oxygen atoms in total. The molecule has 0 saturated carbocycles. The summed E-state index contributed by atoms with van der Waals surface area (Å²) in [5.74, 6) is -1.98. The van der Waals surface area contributed by atoms with Gasteiger partial charge in [0, 0.05) is 5.56 Å². The minimum absolute atomic E-state index is 0.118. The van der Waals surface area contributed by atoms with Crippen LogP contribution in [0.1, 0.15) is 15.9 Å². The number of aliphatic hydroxyl groups is 1. The fourth-order valence-corrected chi connectivity index (χ4v) is 3.39. The van der Waals surface area contributed by atoms with E-state index in [4.69, 9.17) is 0 Å². The molecule has 0 atom stereocenters. The number of halogens is 3. The molecule has 0 aliphatic rings. The van der Waals surface area contributed by atoms with E-state index in [9.17, 15) is 36.6 Å². The Morgan fingerprint density at radius 1 is 1.03 bits per heavy atom. The number of rotatable bonds is 5. The maximum atomic E-state index is 12.6. The van der Waals surface area contributed by atoms with Crippen LogP contribution < -0.4 is 4.18 Å². The summed E-state index contributed by atoms with van der Waals surface area (Å²) in [6.45, 7) is -0.595. The summed E-state index contributed by atoms with van der Waals surface area (Å²) < 4.78 is 64.3. The lowest BCUT2D eigenvalue weighted by molar-refractivity contribution is -0.0500. The van der Waals surface area contributed by atoms with Crippen molar-refractivity contribution in [3.63, 3.8) is 0 Å². The summed E-state index contributed by atoms with van der Waals surface area (Å²) in [7, 11) is -5.88. The van der Waals surface area contributed by atoms with Crippen molar-refractivity contribution in [2.24, 2.45) is 0 Å². The lowest BCUT2D eigenvalue weighted by atomic mass is 9.90.